The van der Waals surface area contributed by atoms with Crippen molar-refractivity contribution in [3.05, 3.63) is 64.7 Å². The summed E-state index contributed by atoms with van der Waals surface area (Å²) >= 11 is 0. The number of aliphatic hydroxyl groups is 2. The lowest BCUT2D eigenvalue weighted by Crippen LogP contribution is -2.40. The van der Waals surface area contributed by atoms with Gasteiger partial charge >= 0.3 is 0 Å². The number of benzene rings is 2. The number of likely N-dealkylation sites (tertiary alicyclic amines) is 1. The van der Waals surface area contributed by atoms with Crippen molar-refractivity contribution in [1.29, 1.82) is 5.26 Å². The zero-order chi connectivity index (χ0) is 24.1. The van der Waals surface area contributed by atoms with Crippen LogP contribution in [0.25, 0.3) is 0 Å². The average Bonchev–Trinajstić information content (AvgIpc) is 2.85. The summed E-state index contributed by atoms with van der Waals surface area (Å²) in [6.45, 7) is 2.93. The fraction of sp³-hybridized carbons (Fsp3) is 0.481. The Morgan fingerprint density at radius 3 is 2.56 bits per heavy atom. The molecule has 2 heterocycles. The topological polar surface area (TPSA) is 103 Å². The minimum absolute atomic E-state index is 0.108. The van der Waals surface area contributed by atoms with Crippen molar-refractivity contribution in [2.24, 2.45) is 0 Å². The third kappa shape index (κ3) is 5.95. The third-order valence-corrected chi connectivity index (χ3v) is 6.71. The molecule has 3 atom stereocenters. The lowest BCUT2D eigenvalue weighted by atomic mass is 9.92. The molecule has 2 aliphatic heterocycles. The van der Waals surface area contributed by atoms with Gasteiger partial charge in [-0.05, 0) is 41.3 Å². The number of carbonyl (C=O) groups excluding carboxylic acids is 1. The maximum atomic E-state index is 11.5. The van der Waals surface area contributed by atoms with Crippen LogP contribution >= 0.6 is 0 Å². The molecule has 7 heteroatoms. The lowest BCUT2D eigenvalue weighted by Gasteiger charge is -2.32. The maximum absolute atomic E-state index is 11.5. The number of hydrogen-bond donors (Lipinski definition) is 2. The molecule has 34 heavy (non-hydrogen) atoms. The van der Waals surface area contributed by atoms with Gasteiger partial charge in [0.05, 0.1) is 36.6 Å². The second kappa shape index (κ2) is 11.0. The van der Waals surface area contributed by atoms with E-state index in [1.54, 1.807) is 13.0 Å². The molecular formula is C27H32N2O5. The van der Waals surface area contributed by atoms with Gasteiger partial charge in [-0.3, -0.25) is 4.79 Å². The SMILES string of the molecule is CC(=O)N1CCC(Oc2ccc(Cc3cc([C@H]4CC(O)C[C@@H](CO)O4)ccc3C#N)cc2)CC1. The summed E-state index contributed by atoms with van der Waals surface area (Å²) in [7, 11) is 0. The summed E-state index contributed by atoms with van der Waals surface area (Å²) in [4.78, 5) is 13.3. The van der Waals surface area contributed by atoms with Crippen LogP contribution in [0.2, 0.25) is 0 Å². The van der Waals surface area contributed by atoms with E-state index in [9.17, 15) is 20.3 Å². The first-order valence-corrected chi connectivity index (χ1v) is 11.9. The van der Waals surface area contributed by atoms with Gasteiger partial charge in [0.1, 0.15) is 11.9 Å². The number of rotatable bonds is 6. The van der Waals surface area contributed by atoms with Gasteiger partial charge in [0.15, 0.2) is 0 Å². The number of carbonyl (C=O) groups is 1. The normalized spacial score (nSPS) is 23.4. The van der Waals surface area contributed by atoms with Crippen LogP contribution in [0.15, 0.2) is 42.5 Å². The van der Waals surface area contributed by atoms with Crippen LogP contribution in [-0.2, 0) is 16.0 Å². The number of ether oxygens (including phenoxy) is 2. The highest BCUT2D eigenvalue weighted by Gasteiger charge is 2.29. The monoisotopic (exact) mass is 464 g/mol. The minimum atomic E-state index is -0.516. The van der Waals surface area contributed by atoms with Crippen molar-refractivity contribution in [1.82, 2.24) is 4.90 Å². The molecule has 2 N–H and O–H groups in total. The van der Waals surface area contributed by atoms with E-state index in [0.717, 1.165) is 48.4 Å². The van der Waals surface area contributed by atoms with Gasteiger partial charge in [-0.15, -0.1) is 0 Å². The van der Waals surface area contributed by atoms with E-state index in [1.807, 2.05) is 41.3 Å². The van der Waals surface area contributed by atoms with E-state index in [4.69, 9.17) is 9.47 Å². The lowest BCUT2D eigenvalue weighted by molar-refractivity contribution is -0.130. The highest BCUT2D eigenvalue weighted by Crippen LogP contribution is 2.33. The number of piperidine rings is 1. The Bertz CT molecular complexity index is 1020. The van der Waals surface area contributed by atoms with Crippen molar-refractivity contribution in [2.75, 3.05) is 19.7 Å². The van der Waals surface area contributed by atoms with Crippen molar-refractivity contribution in [3.8, 4) is 11.8 Å². The molecule has 1 amide bonds. The molecule has 0 saturated carbocycles. The number of nitrogens with zero attached hydrogens (tertiary/aromatic N) is 2. The highest BCUT2D eigenvalue weighted by atomic mass is 16.5. The van der Waals surface area contributed by atoms with Gasteiger partial charge in [-0.1, -0.05) is 24.3 Å². The van der Waals surface area contributed by atoms with Crippen LogP contribution in [0.5, 0.6) is 5.75 Å². The molecular weight excluding hydrogens is 432 g/mol. The van der Waals surface area contributed by atoms with Crippen LogP contribution < -0.4 is 4.74 Å². The molecule has 1 unspecified atom stereocenters. The van der Waals surface area contributed by atoms with Crippen LogP contribution in [-0.4, -0.2) is 59.0 Å². The molecule has 0 bridgehead atoms. The number of nitriles is 1. The van der Waals surface area contributed by atoms with Gasteiger partial charge in [0.2, 0.25) is 5.91 Å². The Morgan fingerprint density at radius 2 is 1.91 bits per heavy atom. The van der Waals surface area contributed by atoms with Crippen molar-refractivity contribution < 1.29 is 24.5 Å². The van der Waals surface area contributed by atoms with Crippen LogP contribution in [0, 0.1) is 11.3 Å². The van der Waals surface area contributed by atoms with Crippen LogP contribution in [0.1, 0.15) is 61.0 Å². The Balaban J connectivity index is 1.41. The fourth-order valence-electron chi connectivity index (χ4n) is 4.78. The number of amides is 1. The average molecular weight is 465 g/mol. The molecule has 2 saturated heterocycles. The van der Waals surface area contributed by atoms with E-state index in [-0.39, 0.29) is 30.8 Å². The quantitative estimate of drug-likeness (QED) is 0.681. The van der Waals surface area contributed by atoms with E-state index in [0.29, 0.717) is 24.8 Å². The summed E-state index contributed by atoms with van der Waals surface area (Å²) in [5.41, 5.74) is 3.47. The van der Waals surface area contributed by atoms with Crippen molar-refractivity contribution >= 4 is 5.91 Å². The van der Waals surface area contributed by atoms with Gasteiger partial charge in [-0.25, -0.2) is 0 Å². The molecule has 0 aliphatic carbocycles. The molecule has 0 aromatic heterocycles. The van der Waals surface area contributed by atoms with Gasteiger partial charge in [0.25, 0.3) is 0 Å². The van der Waals surface area contributed by atoms with Gasteiger partial charge in [-0.2, -0.15) is 5.26 Å². The molecule has 2 aromatic carbocycles. The summed E-state index contributed by atoms with van der Waals surface area (Å²) in [6.07, 6.45) is 2.05. The first kappa shape index (κ1) is 24.2. The van der Waals surface area contributed by atoms with E-state index in [2.05, 4.69) is 6.07 Å². The predicted octanol–water partition coefficient (Wildman–Crippen LogP) is 3.11. The van der Waals surface area contributed by atoms with E-state index < -0.39 is 6.10 Å². The molecule has 4 rings (SSSR count). The molecule has 7 nitrogen and oxygen atoms in total. The second-order valence-corrected chi connectivity index (χ2v) is 9.23. The Labute approximate surface area is 200 Å². The Morgan fingerprint density at radius 1 is 1.18 bits per heavy atom. The maximum Gasteiger partial charge on any atom is 0.219 e. The van der Waals surface area contributed by atoms with Gasteiger partial charge < -0.3 is 24.6 Å². The van der Waals surface area contributed by atoms with Crippen molar-refractivity contribution in [3.63, 3.8) is 0 Å². The zero-order valence-corrected chi connectivity index (χ0v) is 19.5. The van der Waals surface area contributed by atoms with Crippen LogP contribution in [0.3, 0.4) is 0 Å². The fourth-order valence-corrected chi connectivity index (χ4v) is 4.78. The molecule has 180 valence electrons. The summed E-state index contributed by atoms with van der Waals surface area (Å²) in [6, 6.07) is 15.8. The summed E-state index contributed by atoms with van der Waals surface area (Å²) in [5, 5.41) is 29.2. The van der Waals surface area contributed by atoms with Gasteiger partial charge in [0, 0.05) is 45.7 Å². The predicted molar refractivity (Wildman–Crippen MR) is 126 cm³/mol. The highest BCUT2D eigenvalue weighted by molar-refractivity contribution is 5.73. The third-order valence-electron chi connectivity index (χ3n) is 6.71. The number of aliphatic hydroxyl groups excluding tert-OH is 2. The summed E-state index contributed by atoms with van der Waals surface area (Å²) in [5.74, 6) is 0.918. The first-order valence-electron chi connectivity index (χ1n) is 11.9. The van der Waals surface area contributed by atoms with Crippen molar-refractivity contribution in [2.45, 2.75) is 63.4 Å². The second-order valence-electron chi connectivity index (χ2n) is 9.23. The van der Waals surface area contributed by atoms with Crippen LogP contribution in [0.4, 0.5) is 0 Å². The molecule has 2 aliphatic rings. The smallest absolute Gasteiger partial charge is 0.219 e. The summed E-state index contributed by atoms with van der Waals surface area (Å²) < 4.78 is 12.1. The molecule has 0 spiro atoms. The zero-order valence-electron chi connectivity index (χ0n) is 19.5. The Hall–Kier alpha value is -2.92. The van der Waals surface area contributed by atoms with E-state index in [1.165, 1.54) is 0 Å². The first-order chi connectivity index (χ1) is 16.4. The molecule has 2 aromatic rings. The molecule has 2 fully saturated rings. The minimum Gasteiger partial charge on any atom is -0.490 e. The van der Waals surface area contributed by atoms with E-state index >= 15 is 0 Å². The largest absolute Gasteiger partial charge is 0.490 e. The number of hydrogen-bond acceptors (Lipinski definition) is 6. The Kier molecular flexibility index (Phi) is 7.84. The molecule has 0 radical (unpaired) electrons. The standard InChI is InChI=1S/C27H32N2O5/c1-18(31)29-10-8-25(9-11-29)33-24-6-2-19(3-7-24)12-22-13-20(4-5-21(22)16-28)27-15-23(32)14-26(17-30)34-27/h2-7,13,23,25-27,30,32H,8-12,14-15,17H2,1H3/t23?,26-,27+/m0/s1.